The van der Waals surface area contributed by atoms with Crippen molar-refractivity contribution in [2.75, 3.05) is 17.2 Å². The minimum absolute atomic E-state index is 0.308. The fourth-order valence-electron chi connectivity index (χ4n) is 2.39. The first-order valence-electron chi connectivity index (χ1n) is 8.29. The Morgan fingerprint density at radius 1 is 1.17 bits per heavy atom. The lowest BCUT2D eigenvalue weighted by Crippen LogP contribution is -2.14. The second-order valence-corrected chi connectivity index (χ2v) is 6.16. The van der Waals surface area contributed by atoms with Crippen LogP contribution in [-0.2, 0) is 0 Å². The lowest BCUT2D eigenvalue weighted by atomic mass is 10.2. The van der Waals surface area contributed by atoms with E-state index in [0.717, 1.165) is 22.9 Å². The Labute approximate surface area is 137 Å². The minimum atomic E-state index is 0.308. The topological polar surface area (TPSA) is 59.1 Å². The molecule has 3 rings (SSSR count). The highest BCUT2D eigenvalue weighted by molar-refractivity contribution is 5.59. The molecule has 0 bridgehead atoms. The van der Waals surface area contributed by atoms with E-state index in [0.29, 0.717) is 24.5 Å². The Bertz CT molecular complexity index is 651. The Morgan fingerprint density at radius 2 is 1.91 bits per heavy atom. The maximum atomic E-state index is 5.47. The number of hydrogen-bond donors (Lipinski definition) is 2. The molecular weight excluding hydrogens is 288 g/mol. The third kappa shape index (κ3) is 4.34. The van der Waals surface area contributed by atoms with E-state index < -0.39 is 0 Å². The van der Waals surface area contributed by atoms with Crippen LogP contribution in [0.15, 0.2) is 30.3 Å². The molecule has 1 fully saturated rings. The summed E-state index contributed by atoms with van der Waals surface area (Å²) < 4.78 is 5.47. The Balaban J connectivity index is 1.79. The van der Waals surface area contributed by atoms with E-state index in [9.17, 15) is 0 Å². The number of aromatic nitrogens is 2. The van der Waals surface area contributed by atoms with Gasteiger partial charge in [0.1, 0.15) is 11.6 Å². The molecule has 0 aliphatic heterocycles. The molecule has 23 heavy (non-hydrogen) atoms. The number of nitrogens with one attached hydrogen (secondary N) is 2. The Morgan fingerprint density at radius 3 is 2.52 bits per heavy atom. The largest absolute Gasteiger partial charge is 0.494 e. The first kappa shape index (κ1) is 15.6. The van der Waals surface area contributed by atoms with E-state index in [1.165, 1.54) is 12.8 Å². The van der Waals surface area contributed by atoms with E-state index in [1.54, 1.807) is 0 Å². The van der Waals surface area contributed by atoms with Gasteiger partial charge in [-0.3, -0.25) is 0 Å². The summed E-state index contributed by atoms with van der Waals surface area (Å²) in [5.74, 6) is 2.99. The van der Waals surface area contributed by atoms with Crippen molar-refractivity contribution in [1.29, 1.82) is 0 Å². The van der Waals surface area contributed by atoms with Gasteiger partial charge in [-0.05, 0) is 57.9 Å². The molecule has 1 aliphatic rings. The number of nitrogens with zero attached hydrogens (tertiary/aromatic N) is 2. The van der Waals surface area contributed by atoms with E-state index in [-0.39, 0.29) is 0 Å². The quantitative estimate of drug-likeness (QED) is 0.797. The van der Waals surface area contributed by atoms with Crippen LogP contribution in [0.2, 0.25) is 0 Å². The van der Waals surface area contributed by atoms with Gasteiger partial charge >= 0.3 is 0 Å². The van der Waals surface area contributed by atoms with Gasteiger partial charge in [-0.1, -0.05) is 0 Å². The highest BCUT2D eigenvalue weighted by Gasteiger charge is 2.26. The molecule has 1 aliphatic carbocycles. The molecule has 0 amide bonds. The van der Waals surface area contributed by atoms with E-state index >= 15 is 0 Å². The summed E-state index contributed by atoms with van der Waals surface area (Å²) >= 11 is 0. The van der Waals surface area contributed by atoms with E-state index in [4.69, 9.17) is 4.74 Å². The molecule has 0 atom stereocenters. The molecule has 0 unspecified atom stereocenters. The number of hydrogen-bond acceptors (Lipinski definition) is 5. The molecule has 2 N–H and O–H groups in total. The zero-order valence-electron chi connectivity index (χ0n) is 14.0. The van der Waals surface area contributed by atoms with Gasteiger partial charge in [-0.2, -0.15) is 4.98 Å². The zero-order valence-corrected chi connectivity index (χ0v) is 14.0. The van der Waals surface area contributed by atoms with E-state index in [2.05, 4.69) is 40.5 Å². The summed E-state index contributed by atoms with van der Waals surface area (Å²) in [5.41, 5.74) is 2.11. The SMILES string of the molecule is CCOc1ccc(Nc2cc(C3CC3)nc(NC(C)C)n2)cc1. The van der Waals surface area contributed by atoms with Gasteiger partial charge in [0.05, 0.1) is 12.3 Å². The monoisotopic (exact) mass is 312 g/mol. The Kier molecular flexibility index (Phi) is 4.65. The van der Waals surface area contributed by atoms with Gasteiger partial charge in [-0.15, -0.1) is 0 Å². The molecule has 1 saturated carbocycles. The third-order valence-corrected chi connectivity index (χ3v) is 3.60. The van der Waals surface area contributed by atoms with Crippen LogP contribution >= 0.6 is 0 Å². The van der Waals surface area contributed by atoms with Crippen molar-refractivity contribution in [3.05, 3.63) is 36.0 Å². The smallest absolute Gasteiger partial charge is 0.225 e. The van der Waals surface area contributed by atoms with Gasteiger partial charge in [0, 0.05) is 23.7 Å². The highest BCUT2D eigenvalue weighted by atomic mass is 16.5. The number of anilines is 3. The summed E-state index contributed by atoms with van der Waals surface area (Å²) in [4.78, 5) is 9.21. The second-order valence-electron chi connectivity index (χ2n) is 6.16. The summed E-state index contributed by atoms with van der Waals surface area (Å²) in [6.07, 6.45) is 2.45. The molecule has 0 saturated heterocycles. The van der Waals surface area contributed by atoms with Crippen LogP contribution in [0.25, 0.3) is 0 Å². The lowest BCUT2D eigenvalue weighted by molar-refractivity contribution is 0.340. The van der Waals surface area contributed by atoms with Crippen molar-refractivity contribution >= 4 is 17.5 Å². The van der Waals surface area contributed by atoms with Crippen molar-refractivity contribution in [3.8, 4) is 5.75 Å². The second kappa shape index (κ2) is 6.86. The van der Waals surface area contributed by atoms with Gasteiger partial charge in [0.25, 0.3) is 0 Å². The standard InChI is InChI=1S/C18H24N4O/c1-4-23-15-9-7-14(8-10-15)20-17-11-16(13-5-6-13)21-18(22-17)19-12(2)3/h7-13H,4-6H2,1-3H3,(H2,19,20,21,22). The third-order valence-electron chi connectivity index (χ3n) is 3.60. The maximum absolute atomic E-state index is 5.47. The van der Waals surface area contributed by atoms with Gasteiger partial charge in [0.15, 0.2) is 0 Å². The van der Waals surface area contributed by atoms with Crippen LogP contribution in [0.1, 0.15) is 45.2 Å². The molecule has 5 nitrogen and oxygen atoms in total. The first-order chi connectivity index (χ1) is 11.1. The normalized spacial score (nSPS) is 13.9. The predicted octanol–water partition coefficient (Wildman–Crippen LogP) is 4.32. The Hall–Kier alpha value is -2.30. The summed E-state index contributed by atoms with van der Waals surface area (Å²) in [6, 6.07) is 10.3. The molecule has 1 aromatic heterocycles. The molecule has 2 aromatic rings. The summed E-state index contributed by atoms with van der Waals surface area (Å²) in [7, 11) is 0. The highest BCUT2D eigenvalue weighted by Crippen LogP contribution is 2.40. The summed E-state index contributed by atoms with van der Waals surface area (Å²) in [5, 5.41) is 6.66. The van der Waals surface area contributed by atoms with Gasteiger partial charge in [0.2, 0.25) is 5.95 Å². The van der Waals surface area contributed by atoms with Crippen LogP contribution in [0, 0.1) is 0 Å². The van der Waals surface area contributed by atoms with Crippen molar-refractivity contribution in [2.45, 2.75) is 45.6 Å². The van der Waals surface area contributed by atoms with Crippen LogP contribution in [0.4, 0.5) is 17.5 Å². The average Bonchev–Trinajstić information content (AvgIpc) is 3.33. The van der Waals surface area contributed by atoms with Crippen LogP contribution in [0.3, 0.4) is 0 Å². The van der Waals surface area contributed by atoms with Gasteiger partial charge < -0.3 is 15.4 Å². The number of ether oxygens (including phenoxy) is 1. The predicted molar refractivity (Wildman–Crippen MR) is 93.7 cm³/mol. The number of benzene rings is 1. The molecule has 122 valence electrons. The molecule has 0 spiro atoms. The first-order valence-corrected chi connectivity index (χ1v) is 8.29. The lowest BCUT2D eigenvalue weighted by Gasteiger charge is -2.13. The fourth-order valence-corrected chi connectivity index (χ4v) is 2.39. The summed E-state index contributed by atoms with van der Waals surface area (Å²) in [6.45, 7) is 6.84. The van der Waals surface area contributed by atoms with Crippen molar-refractivity contribution in [3.63, 3.8) is 0 Å². The average molecular weight is 312 g/mol. The molecule has 1 heterocycles. The molecule has 1 aromatic carbocycles. The maximum Gasteiger partial charge on any atom is 0.225 e. The van der Waals surface area contributed by atoms with Gasteiger partial charge in [-0.25, -0.2) is 4.98 Å². The van der Waals surface area contributed by atoms with Crippen LogP contribution in [0.5, 0.6) is 5.75 Å². The molecule has 5 heteroatoms. The minimum Gasteiger partial charge on any atom is -0.494 e. The van der Waals surface area contributed by atoms with Crippen molar-refractivity contribution in [2.24, 2.45) is 0 Å². The fraction of sp³-hybridized carbons (Fsp3) is 0.444. The van der Waals surface area contributed by atoms with Crippen molar-refractivity contribution in [1.82, 2.24) is 9.97 Å². The van der Waals surface area contributed by atoms with Crippen LogP contribution in [-0.4, -0.2) is 22.6 Å². The number of rotatable bonds is 7. The zero-order chi connectivity index (χ0) is 16.2. The van der Waals surface area contributed by atoms with E-state index in [1.807, 2.05) is 31.2 Å². The molecule has 0 radical (unpaired) electrons. The van der Waals surface area contributed by atoms with Crippen molar-refractivity contribution < 1.29 is 4.74 Å². The molecular formula is C18H24N4O. The van der Waals surface area contributed by atoms with Crippen LogP contribution < -0.4 is 15.4 Å².